The van der Waals surface area contributed by atoms with Gasteiger partial charge >= 0.3 is 0 Å². The van der Waals surface area contributed by atoms with Crippen LogP contribution in [0.2, 0.25) is 0 Å². The fraction of sp³-hybridized carbons (Fsp3) is 0.708. The Labute approximate surface area is 178 Å². The van der Waals surface area contributed by atoms with Crippen molar-refractivity contribution in [3.05, 3.63) is 23.8 Å². The normalized spacial score (nSPS) is 12.4. The summed E-state index contributed by atoms with van der Waals surface area (Å²) in [4.78, 5) is 12.1. The van der Waals surface area contributed by atoms with Gasteiger partial charge in [-0.3, -0.25) is 4.79 Å². The van der Waals surface area contributed by atoms with Crippen molar-refractivity contribution in [3.8, 4) is 5.75 Å². The molecule has 1 aromatic rings. The Hall–Kier alpha value is -1.75. The van der Waals surface area contributed by atoms with E-state index in [1.54, 1.807) is 0 Å². The minimum atomic E-state index is 0.506. The first kappa shape index (κ1) is 25.3. The molecule has 0 unspecified atom stereocenters. The van der Waals surface area contributed by atoms with Crippen molar-refractivity contribution in [2.75, 3.05) is 44.7 Å². The van der Waals surface area contributed by atoms with Gasteiger partial charge in [-0.15, -0.1) is 0 Å². The monoisotopic (exact) mass is 406 g/mol. The van der Waals surface area contributed by atoms with Crippen molar-refractivity contribution in [2.45, 2.75) is 72.1 Å². The number of unbranched alkanes of at least 4 members (excludes halogenated alkanes) is 4. The summed E-state index contributed by atoms with van der Waals surface area (Å²) >= 11 is 0. The topological polar surface area (TPSA) is 50.8 Å². The Kier molecular flexibility index (Phi) is 14.9. The van der Waals surface area contributed by atoms with Gasteiger partial charge in [-0.25, -0.2) is 0 Å². The van der Waals surface area contributed by atoms with Gasteiger partial charge in [0.2, 0.25) is 0 Å². The van der Waals surface area contributed by atoms with E-state index < -0.39 is 0 Å². The van der Waals surface area contributed by atoms with Crippen molar-refractivity contribution in [3.63, 3.8) is 0 Å². The van der Waals surface area contributed by atoms with Crippen LogP contribution in [0.4, 0.5) is 5.69 Å². The molecule has 1 aromatic carbocycles. The van der Waals surface area contributed by atoms with Gasteiger partial charge in [0, 0.05) is 12.2 Å². The fourth-order valence-corrected chi connectivity index (χ4v) is 3.37. The second-order valence-electron chi connectivity index (χ2n) is 7.46. The third-order valence-electron chi connectivity index (χ3n) is 5.23. The minimum Gasteiger partial charge on any atom is -0.494 e. The van der Waals surface area contributed by atoms with E-state index in [2.05, 4.69) is 53.9 Å². The highest BCUT2D eigenvalue weighted by Crippen LogP contribution is 2.26. The summed E-state index contributed by atoms with van der Waals surface area (Å²) < 4.78 is 10.4. The van der Waals surface area contributed by atoms with E-state index in [1.165, 1.54) is 56.3 Å². The molecule has 0 fully saturated rings. The molecule has 5 heteroatoms. The van der Waals surface area contributed by atoms with Gasteiger partial charge in [0.25, 0.3) is 6.47 Å². The molecule has 0 aliphatic carbocycles. The largest absolute Gasteiger partial charge is 0.494 e. The summed E-state index contributed by atoms with van der Waals surface area (Å²) in [6.07, 6.45) is 9.38. The minimum absolute atomic E-state index is 0.506. The van der Waals surface area contributed by atoms with Crippen molar-refractivity contribution in [1.82, 2.24) is 4.90 Å². The standard InChI is InChI=1S/C17H28N2O.C7H14O2/c1-3-19(4-2)12-5-6-13-20-16-9-10-17-15(14-16)8-7-11-18-17;1-2-3-4-5-6-9-7-8/h9-10,14,18H,3-8,11-13H2,1-2H3;7H,2-6H2,1H3. The van der Waals surface area contributed by atoms with Gasteiger partial charge in [0.05, 0.1) is 13.2 Å². The van der Waals surface area contributed by atoms with Crippen LogP contribution in [0, 0.1) is 0 Å². The van der Waals surface area contributed by atoms with Gasteiger partial charge in [-0.05, 0) is 75.5 Å². The lowest BCUT2D eigenvalue weighted by atomic mass is 10.0. The van der Waals surface area contributed by atoms with E-state index in [0.717, 1.165) is 44.8 Å². The fourth-order valence-electron chi connectivity index (χ4n) is 3.37. The van der Waals surface area contributed by atoms with Gasteiger partial charge < -0.3 is 19.7 Å². The molecular weight excluding hydrogens is 364 g/mol. The lowest BCUT2D eigenvalue weighted by molar-refractivity contribution is -0.128. The van der Waals surface area contributed by atoms with Crippen LogP contribution >= 0.6 is 0 Å². The van der Waals surface area contributed by atoms with E-state index in [-0.39, 0.29) is 0 Å². The molecule has 2 rings (SSSR count). The van der Waals surface area contributed by atoms with Crippen LogP contribution in [-0.2, 0) is 16.0 Å². The highest BCUT2D eigenvalue weighted by Gasteiger charge is 2.09. The zero-order valence-corrected chi connectivity index (χ0v) is 18.9. The van der Waals surface area contributed by atoms with E-state index in [0.29, 0.717) is 13.1 Å². The number of benzene rings is 1. The van der Waals surface area contributed by atoms with Crippen LogP contribution in [0.3, 0.4) is 0 Å². The molecule has 0 bridgehead atoms. The Balaban J connectivity index is 0.000000396. The van der Waals surface area contributed by atoms with E-state index in [4.69, 9.17) is 4.74 Å². The third-order valence-corrected chi connectivity index (χ3v) is 5.23. The third kappa shape index (κ3) is 11.7. The number of carbonyl (C=O) groups is 1. The molecule has 0 amide bonds. The quantitative estimate of drug-likeness (QED) is 0.336. The number of hydrogen-bond donors (Lipinski definition) is 1. The number of nitrogens with one attached hydrogen (secondary N) is 1. The van der Waals surface area contributed by atoms with Crippen molar-refractivity contribution < 1.29 is 14.3 Å². The number of carbonyl (C=O) groups excluding carboxylic acids is 1. The number of fused-ring (bicyclic) bond motifs is 1. The van der Waals surface area contributed by atoms with E-state index in [9.17, 15) is 4.79 Å². The zero-order valence-electron chi connectivity index (χ0n) is 18.9. The molecule has 166 valence electrons. The van der Waals surface area contributed by atoms with E-state index in [1.807, 2.05) is 0 Å². The highest BCUT2D eigenvalue weighted by molar-refractivity contribution is 5.55. The van der Waals surface area contributed by atoms with Crippen LogP contribution in [0.5, 0.6) is 5.75 Å². The molecule has 0 saturated carbocycles. The predicted molar refractivity (Wildman–Crippen MR) is 122 cm³/mol. The Bertz CT molecular complexity index is 533. The molecule has 5 nitrogen and oxygen atoms in total. The lowest BCUT2D eigenvalue weighted by Gasteiger charge is -2.19. The molecule has 0 atom stereocenters. The molecule has 0 saturated heterocycles. The second kappa shape index (κ2) is 17.1. The molecule has 1 aliphatic rings. The van der Waals surface area contributed by atoms with Crippen LogP contribution in [0.15, 0.2) is 18.2 Å². The van der Waals surface area contributed by atoms with Crippen LogP contribution < -0.4 is 10.1 Å². The highest BCUT2D eigenvalue weighted by atomic mass is 16.5. The summed E-state index contributed by atoms with van der Waals surface area (Å²) in [5.74, 6) is 1.02. The maximum atomic E-state index is 9.62. The molecule has 0 spiro atoms. The summed E-state index contributed by atoms with van der Waals surface area (Å²) in [7, 11) is 0. The maximum Gasteiger partial charge on any atom is 0.293 e. The first-order valence-corrected chi connectivity index (χ1v) is 11.5. The zero-order chi connectivity index (χ0) is 21.2. The molecule has 29 heavy (non-hydrogen) atoms. The predicted octanol–water partition coefficient (Wildman–Crippen LogP) is 5.29. The first-order chi connectivity index (χ1) is 14.2. The van der Waals surface area contributed by atoms with Gasteiger partial charge in [0.1, 0.15) is 5.75 Å². The van der Waals surface area contributed by atoms with Crippen LogP contribution in [0.25, 0.3) is 0 Å². The number of ether oxygens (including phenoxy) is 2. The second-order valence-corrected chi connectivity index (χ2v) is 7.46. The SMILES string of the molecule is CCCCCCOC=O.CCN(CC)CCCCOc1ccc2c(c1)CCCN2. The van der Waals surface area contributed by atoms with Crippen molar-refractivity contribution in [2.24, 2.45) is 0 Å². The molecule has 1 aliphatic heterocycles. The van der Waals surface area contributed by atoms with Crippen LogP contribution in [0.1, 0.15) is 71.3 Å². The van der Waals surface area contributed by atoms with Crippen LogP contribution in [-0.4, -0.2) is 50.8 Å². The molecular formula is C24H42N2O3. The molecule has 0 aromatic heterocycles. The number of nitrogens with zero attached hydrogens (tertiary/aromatic N) is 1. The number of hydrogen-bond acceptors (Lipinski definition) is 5. The molecule has 1 heterocycles. The maximum absolute atomic E-state index is 9.62. The van der Waals surface area contributed by atoms with Crippen molar-refractivity contribution in [1.29, 1.82) is 0 Å². The summed E-state index contributed by atoms with van der Waals surface area (Å²) in [5.41, 5.74) is 2.68. The Morgan fingerprint density at radius 3 is 2.55 bits per heavy atom. The summed E-state index contributed by atoms with van der Waals surface area (Å²) in [6, 6.07) is 6.44. The van der Waals surface area contributed by atoms with Crippen molar-refractivity contribution >= 4 is 12.2 Å². The van der Waals surface area contributed by atoms with Gasteiger partial charge in [-0.2, -0.15) is 0 Å². The molecule has 1 N–H and O–H groups in total. The lowest BCUT2D eigenvalue weighted by Crippen LogP contribution is -2.24. The average molecular weight is 407 g/mol. The Morgan fingerprint density at radius 2 is 1.83 bits per heavy atom. The summed E-state index contributed by atoms with van der Waals surface area (Å²) in [6.45, 7) is 13.1. The summed E-state index contributed by atoms with van der Waals surface area (Å²) in [5, 5.41) is 3.43. The Morgan fingerprint density at radius 1 is 1.03 bits per heavy atom. The smallest absolute Gasteiger partial charge is 0.293 e. The number of rotatable bonds is 14. The molecule has 0 radical (unpaired) electrons. The van der Waals surface area contributed by atoms with Gasteiger partial charge in [-0.1, -0.05) is 40.0 Å². The number of anilines is 1. The van der Waals surface area contributed by atoms with Gasteiger partial charge in [0.15, 0.2) is 0 Å². The first-order valence-electron chi connectivity index (χ1n) is 11.5. The van der Waals surface area contributed by atoms with E-state index >= 15 is 0 Å². The number of aryl methyl sites for hydroxylation is 1. The average Bonchev–Trinajstić information content (AvgIpc) is 2.76.